The Balaban J connectivity index is 1.45. The van der Waals surface area contributed by atoms with E-state index in [-0.39, 0.29) is 11.9 Å². The van der Waals surface area contributed by atoms with E-state index in [1.807, 2.05) is 35.5 Å². The number of piperidine rings is 1. The van der Waals surface area contributed by atoms with E-state index < -0.39 is 0 Å². The number of aromatic nitrogens is 4. The summed E-state index contributed by atoms with van der Waals surface area (Å²) in [5.41, 5.74) is 3.49. The maximum atomic E-state index is 12.6. The maximum Gasteiger partial charge on any atom is 0.321 e. The van der Waals surface area contributed by atoms with Gasteiger partial charge in [-0.1, -0.05) is 0 Å². The summed E-state index contributed by atoms with van der Waals surface area (Å²) in [7, 11) is 0. The lowest BCUT2D eigenvalue weighted by Gasteiger charge is -2.31. The number of benzene rings is 1. The Morgan fingerprint density at radius 2 is 2.38 bits per heavy atom. The topological polar surface area (TPSA) is 86.8 Å². The van der Waals surface area contributed by atoms with E-state index in [0.717, 1.165) is 46.9 Å². The highest BCUT2D eigenvalue weighted by Crippen LogP contribution is 2.26. The van der Waals surface area contributed by atoms with E-state index in [1.54, 1.807) is 11.3 Å². The van der Waals surface area contributed by atoms with Crippen molar-refractivity contribution in [1.29, 1.82) is 0 Å². The van der Waals surface area contributed by atoms with Crippen LogP contribution in [0.4, 0.5) is 10.5 Å². The summed E-state index contributed by atoms with van der Waals surface area (Å²) in [5.74, 6) is 1.80. The number of hydrogen-bond acceptors (Lipinski definition) is 5. The van der Waals surface area contributed by atoms with Crippen molar-refractivity contribution in [3.05, 3.63) is 35.4 Å². The second-order valence-corrected chi connectivity index (χ2v) is 6.92. The molecule has 1 aliphatic rings. The second-order valence-electron chi connectivity index (χ2n) is 6.03. The standard InChI is InChI=1S/C16H18N6OS/c1-10-18-15(21-20-10)11-3-2-6-22(8-11)16(23)19-12-4-5-14-13(7-12)17-9-24-14/h4-5,7,9,11H,2-3,6,8H2,1H3,(H,19,23)(H,18,20,21). The molecule has 0 radical (unpaired) electrons. The van der Waals surface area contributed by atoms with Gasteiger partial charge in [-0.05, 0) is 38.0 Å². The highest BCUT2D eigenvalue weighted by Gasteiger charge is 2.27. The molecule has 1 unspecified atom stereocenters. The van der Waals surface area contributed by atoms with E-state index in [9.17, 15) is 4.79 Å². The van der Waals surface area contributed by atoms with Gasteiger partial charge < -0.3 is 10.2 Å². The third kappa shape index (κ3) is 2.96. The van der Waals surface area contributed by atoms with Crippen LogP contribution in [0.25, 0.3) is 10.2 Å². The smallest absolute Gasteiger partial charge is 0.321 e. The average molecular weight is 342 g/mol. The van der Waals surface area contributed by atoms with E-state index in [2.05, 4.69) is 25.5 Å². The fraction of sp³-hybridized carbons (Fsp3) is 0.375. The molecule has 8 heteroatoms. The number of likely N-dealkylation sites (tertiary alicyclic amines) is 1. The number of urea groups is 1. The summed E-state index contributed by atoms with van der Waals surface area (Å²) in [6.07, 6.45) is 1.96. The van der Waals surface area contributed by atoms with Crippen LogP contribution in [0.2, 0.25) is 0 Å². The van der Waals surface area contributed by atoms with Crippen LogP contribution in [-0.2, 0) is 0 Å². The number of fused-ring (bicyclic) bond motifs is 1. The molecule has 2 N–H and O–H groups in total. The highest BCUT2D eigenvalue weighted by molar-refractivity contribution is 7.16. The molecule has 0 aliphatic carbocycles. The zero-order valence-corrected chi connectivity index (χ0v) is 14.1. The number of thiazole rings is 1. The first kappa shape index (κ1) is 15.1. The van der Waals surface area contributed by atoms with Crippen LogP contribution >= 0.6 is 11.3 Å². The van der Waals surface area contributed by atoms with Gasteiger partial charge in [-0.2, -0.15) is 5.10 Å². The summed E-state index contributed by atoms with van der Waals surface area (Å²) in [4.78, 5) is 23.1. The number of anilines is 1. The molecular formula is C16H18N6OS. The molecule has 3 heterocycles. The number of hydrogen-bond donors (Lipinski definition) is 2. The Morgan fingerprint density at radius 1 is 1.46 bits per heavy atom. The summed E-state index contributed by atoms with van der Waals surface area (Å²) in [5, 5.41) is 10.1. The first-order valence-electron chi connectivity index (χ1n) is 7.97. The normalized spacial score (nSPS) is 18.0. The Labute approximate surface area is 143 Å². The lowest BCUT2D eigenvalue weighted by molar-refractivity contribution is 0.191. The van der Waals surface area contributed by atoms with Crippen LogP contribution in [0.3, 0.4) is 0 Å². The Kier molecular flexibility index (Phi) is 3.89. The molecular weight excluding hydrogens is 324 g/mol. The summed E-state index contributed by atoms with van der Waals surface area (Å²) in [6.45, 7) is 3.28. The number of carbonyl (C=O) groups is 1. The minimum absolute atomic E-state index is 0.0819. The third-order valence-electron chi connectivity index (χ3n) is 4.27. The van der Waals surface area contributed by atoms with Crippen molar-refractivity contribution in [2.75, 3.05) is 18.4 Å². The lowest BCUT2D eigenvalue weighted by Crippen LogP contribution is -2.41. The van der Waals surface area contributed by atoms with Gasteiger partial charge in [0.05, 0.1) is 15.7 Å². The van der Waals surface area contributed by atoms with Gasteiger partial charge in [0.15, 0.2) is 5.82 Å². The predicted molar refractivity (Wildman–Crippen MR) is 93.3 cm³/mol. The fourth-order valence-electron chi connectivity index (χ4n) is 3.05. The Hall–Kier alpha value is -2.48. The maximum absolute atomic E-state index is 12.6. The van der Waals surface area contributed by atoms with Crippen molar-refractivity contribution in [3.8, 4) is 0 Å². The first-order valence-corrected chi connectivity index (χ1v) is 8.85. The van der Waals surface area contributed by atoms with Crippen LogP contribution in [0, 0.1) is 6.92 Å². The van der Waals surface area contributed by atoms with Gasteiger partial charge in [0.25, 0.3) is 0 Å². The number of nitrogens with zero attached hydrogens (tertiary/aromatic N) is 4. The number of H-pyrrole nitrogens is 1. The Bertz CT molecular complexity index is 872. The fourth-order valence-corrected chi connectivity index (χ4v) is 3.71. The molecule has 0 bridgehead atoms. The number of nitrogens with one attached hydrogen (secondary N) is 2. The molecule has 124 valence electrons. The molecule has 4 rings (SSSR count). The molecule has 1 aromatic carbocycles. The molecule has 0 spiro atoms. The van der Waals surface area contributed by atoms with Gasteiger partial charge in [-0.3, -0.25) is 5.10 Å². The van der Waals surface area contributed by atoms with Crippen molar-refractivity contribution in [3.63, 3.8) is 0 Å². The van der Waals surface area contributed by atoms with Crippen molar-refractivity contribution >= 4 is 33.3 Å². The average Bonchev–Trinajstić information content (AvgIpc) is 3.23. The third-order valence-corrected chi connectivity index (χ3v) is 5.08. The molecule has 1 fully saturated rings. The molecule has 0 saturated carbocycles. The van der Waals surface area contributed by atoms with E-state index in [1.165, 1.54) is 0 Å². The van der Waals surface area contributed by atoms with Crippen LogP contribution in [0.1, 0.15) is 30.4 Å². The lowest BCUT2D eigenvalue weighted by atomic mass is 9.98. The SMILES string of the molecule is Cc1nc(C2CCCN(C(=O)Nc3ccc4scnc4c3)C2)n[nH]1. The highest BCUT2D eigenvalue weighted by atomic mass is 32.1. The monoisotopic (exact) mass is 342 g/mol. The zero-order chi connectivity index (χ0) is 16.5. The van der Waals surface area contributed by atoms with Crippen LogP contribution in [0.5, 0.6) is 0 Å². The molecule has 2 amide bonds. The van der Waals surface area contributed by atoms with Gasteiger partial charge in [-0.25, -0.2) is 14.8 Å². The van der Waals surface area contributed by atoms with Gasteiger partial charge in [-0.15, -0.1) is 11.3 Å². The van der Waals surface area contributed by atoms with Crippen molar-refractivity contribution in [1.82, 2.24) is 25.1 Å². The van der Waals surface area contributed by atoms with Crippen LogP contribution in [-0.4, -0.2) is 44.2 Å². The van der Waals surface area contributed by atoms with E-state index in [0.29, 0.717) is 6.54 Å². The minimum Gasteiger partial charge on any atom is -0.324 e. The van der Waals surface area contributed by atoms with Crippen LogP contribution < -0.4 is 5.32 Å². The molecule has 2 aromatic heterocycles. The number of aryl methyl sites for hydroxylation is 1. The van der Waals surface area contributed by atoms with Crippen molar-refractivity contribution in [2.24, 2.45) is 0 Å². The van der Waals surface area contributed by atoms with Gasteiger partial charge in [0, 0.05) is 24.7 Å². The molecule has 7 nitrogen and oxygen atoms in total. The molecule has 1 atom stereocenters. The van der Waals surface area contributed by atoms with Crippen LogP contribution in [0.15, 0.2) is 23.7 Å². The number of amides is 2. The Morgan fingerprint density at radius 3 is 3.21 bits per heavy atom. The summed E-state index contributed by atoms with van der Waals surface area (Å²) < 4.78 is 1.12. The predicted octanol–water partition coefficient (Wildman–Crippen LogP) is 3.13. The number of carbonyl (C=O) groups excluding carboxylic acids is 1. The number of aromatic amines is 1. The van der Waals surface area contributed by atoms with E-state index >= 15 is 0 Å². The largest absolute Gasteiger partial charge is 0.324 e. The molecule has 1 saturated heterocycles. The minimum atomic E-state index is -0.0819. The van der Waals surface area contributed by atoms with E-state index in [4.69, 9.17) is 0 Å². The van der Waals surface area contributed by atoms with Crippen molar-refractivity contribution in [2.45, 2.75) is 25.7 Å². The van der Waals surface area contributed by atoms with Crippen molar-refractivity contribution < 1.29 is 4.79 Å². The quantitative estimate of drug-likeness (QED) is 0.749. The second kappa shape index (κ2) is 6.20. The van der Waals surface area contributed by atoms with Gasteiger partial charge in [0.1, 0.15) is 5.82 Å². The number of rotatable bonds is 2. The molecule has 1 aliphatic heterocycles. The molecule has 3 aromatic rings. The summed E-state index contributed by atoms with van der Waals surface area (Å²) in [6, 6.07) is 5.72. The zero-order valence-electron chi connectivity index (χ0n) is 13.3. The van der Waals surface area contributed by atoms with Gasteiger partial charge >= 0.3 is 6.03 Å². The first-order chi connectivity index (χ1) is 11.7. The summed E-state index contributed by atoms with van der Waals surface area (Å²) >= 11 is 1.59. The molecule has 24 heavy (non-hydrogen) atoms. The van der Waals surface area contributed by atoms with Gasteiger partial charge in [0.2, 0.25) is 0 Å².